The highest BCUT2D eigenvalue weighted by Crippen LogP contribution is 2.65. The number of likely N-dealkylation sites (N-methyl/N-ethyl adjacent to an activating group) is 1. The molecule has 3 fully saturated rings. The van der Waals surface area contributed by atoms with Crippen LogP contribution in [0.25, 0.3) is 0 Å². The molecule has 3 saturated carbocycles. The zero-order chi connectivity index (χ0) is 27.3. The third-order valence-electron chi connectivity index (χ3n) is 9.96. The van der Waals surface area contributed by atoms with E-state index < -0.39 is 5.97 Å². The predicted molar refractivity (Wildman–Crippen MR) is 148 cm³/mol. The van der Waals surface area contributed by atoms with Crippen LogP contribution in [0.5, 0.6) is 0 Å². The minimum absolute atomic E-state index is 0.207. The lowest BCUT2D eigenvalue weighted by atomic mass is 9.50. The van der Waals surface area contributed by atoms with E-state index in [9.17, 15) is 9.90 Å². The van der Waals surface area contributed by atoms with Gasteiger partial charge < -0.3 is 19.8 Å². The lowest BCUT2D eigenvalue weighted by Gasteiger charge is -2.55. The number of rotatable bonds is 4. The molecule has 0 aliphatic heterocycles. The molecule has 4 aliphatic rings. The van der Waals surface area contributed by atoms with E-state index in [1.54, 1.807) is 6.07 Å². The Kier molecular flexibility index (Phi) is 9.98. The second-order valence-corrected chi connectivity index (χ2v) is 13.0. The van der Waals surface area contributed by atoms with Gasteiger partial charge in [-0.2, -0.15) is 0 Å². The van der Waals surface area contributed by atoms with Gasteiger partial charge >= 0.3 is 5.97 Å². The number of carbonyl (C=O) groups is 1. The largest absolute Gasteiger partial charge is 0.478 e. The zero-order valence-electron chi connectivity index (χ0n) is 23.8. The molecule has 0 saturated heterocycles. The van der Waals surface area contributed by atoms with Crippen LogP contribution >= 0.6 is 0 Å². The number of fused-ring (bicyclic) bond motifs is 5. The van der Waals surface area contributed by atoms with Gasteiger partial charge in [0.15, 0.2) is 0 Å². The van der Waals surface area contributed by atoms with Crippen molar-refractivity contribution in [2.75, 3.05) is 34.3 Å². The fourth-order valence-corrected chi connectivity index (χ4v) is 7.78. The Morgan fingerprint density at radius 1 is 1.14 bits per heavy atom. The van der Waals surface area contributed by atoms with Crippen molar-refractivity contribution in [1.29, 1.82) is 0 Å². The lowest BCUT2D eigenvalue weighted by Crippen LogP contribution is -2.52. The molecule has 3 N–H and O–H groups in total. The van der Waals surface area contributed by atoms with Crippen LogP contribution < -0.4 is 0 Å². The van der Waals surface area contributed by atoms with Gasteiger partial charge in [0.2, 0.25) is 0 Å². The van der Waals surface area contributed by atoms with Gasteiger partial charge in [0.25, 0.3) is 0 Å². The van der Waals surface area contributed by atoms with Crippen molar-refractivity contribution >= 4 is 5.97 Å². The summed E-state index contributed by atoms with van der Waals surface area (Å²) >= 11 is 0. The highest BCUT2D eigenvalue weighted by Gasteiger charge is 2.61. The van der Waals surface area contributed by atoms with E-state index in [0.717, 1.165) is 47.5 Å². The smallest absolute Gasteiger partial charge is 0.337 e. The number of hydrogen-bond acceptors (Lipinski definition) is 4. The molecule has 37 heavy (non-hydrogen) atoms. The monoisotopic (exact) mass is 515 g/mol. The Bertz CT molecular complexity index is 912. The van der Waals surface area contributed by atoms with Crippen LogP contribution in [0.15, 0.2) is 36.2 Å². The molecule has 1 aromatic rings. The Morgan fingerprint density at radius 3 is 2.43 bits per heavy atom. The number of nitrogens with zero attached hydrogens (tertiary/aromatic N) is 2. The van der Waals surface area contributed by atoms with Gasteiger partial charge in [0.1, 0.15) is 6.54 Å². The van der Waals surface area contributed by atoms with Crippen LogP contribution in [-0.4, -0.2) is 70.7 Å². The minimum atomic E-state index is -0.942. The number of aromatic carboxylic acids is 1. The first-order valence-corrected chi connectivity index (χ1v) is 14.4. The van der Waals surface area contributed by atoms with Gasteiger partial charge in [-0.05, 0) is 105 Å². The Hall–Kier alpha value is -1.76. The zero-order valence-corrected chi connectivity index (χ0v) is 23.8. The second-order valence-electron chi connectivity index (χ2n) is 13.0. The quantitative estimate of drug-likeness (QED) is 0.361. The SMILES string of the molecule is CC[C@]1(O)CC[C@H]2[C@@H]3CCC4=CCCC[C@@H]4[C@H]3CC[C@@]21C.C[N+](C)(C)CCO.O=C(O)c1cccnc1. The van der Waals surface area contributed by atoms with Crippen molar-refractivity contribution in [3.05, 3.63) is 41.7 Å². The molecule has 1 heterocycles. The number of pyridine rings is 1. The summed E-state index contributed by atoms with van der Waals surface area (Å²) in [5.41, 5.74) is 1.87. The molecule has 4 aliphatic carbocycles. The number of carboxylic acids is 1. The van der Waals surface area contributed by atoms with Crippen molar-refractivity contribution in [2.45, 2.75) is 83.7 Å². The second kappa shape index (κ2) is 12.4. The maximum atomic E-state index is 11.2. The Morgan fingerprint density at radius 2 is 1.89 bits per heavy atom. The normalized spacial score (nSPS) is 34.3. The molecule has 6 atom stereocenters. The molecule has 0 radical (unpaired) electrons. The molecule has 6 nitrogen and oxygen atoms in total. The number of hydrogen-bond donors (Lipinski definition) is 3. The standard InChI is InChI=1S/C20H32O.C6H5NO2.C5H14NO/c1-3-20(21)13-11-18-17-9-8-14-6-4-5-7-15(14)16(17)10-12-19(18,20)2;8-6(9)5-2-1-3-7-4-5;1-6(2,3)4-5-7/h6,15-18,21H,3-5,7-13H2,1-2H3;1-4H,(H,8,9);7H,4-5H2,1-3H3/q;;+1/t15-,16+,17+,18-,19-,20-;;/m0../s1. The average molecular weight is 516 g/mol. The summed E-state index contributed by atoms with van der Waals surface area (Å²) in [6.07, 6.45) is 18.3. The molecular formula is C31H51N2O4+. The highest BCUT2D eigenvalue weighted by atomic mass is 16.4. The molecule has 6 heteroatoms. The van der Waals surface area contributed by atoms with Crippen LogP contribution in [0.4, 0.5) is 0 Å². The Labute approximate surface area is 224 Å². The number of allylic oxidation sites excluding steroid dienone is 2. The van der Waals surface area contributed by atoms with Gasteiger partial charge in [-0.25, -0.2) is 4.79 Å². The number of aromatic nitrogens is 1. The minimum Gasteiger partial charge on any atom is -0.478 e. The maximum absolute atomic E-state index is 11.2. The van der Waals surface area contributed by atoms with Crippen molar-refractivity contribution in [1.82, 2.24) is 4.98 Å². The predicted octanol–water partition coefficient (Wildman–Crippen LogP) is 5.56. The summed E-state index contributed by atoms with van der Waals surface area (Å²) in [4.78, 5) is 13.8. The van der Waals surface area contributed by atoms with E-state index >= 15 is 0 Å². The summed E-state index contributed by atoms with van der Waals surface area (Å²) in [5, 5.41) is 27.9. The fraction of sp³-hybridized carbons (Fsp3) is 0.742. The number of aliphatic hydroxyl groups excluding tert-OH is 1. The van der Waals surface area contributed by atoms with Gasteiger partial charge in [0, 0.05) is 12.4 Å². The summed E-state index contributed by atoms with van der Waals surface area (Å²) in [7, 11) is 6.16. The summed E-state index contributed by atoms with van der Waals surface area (Å²) in [5.74, 6) is 2.62. The van der Waals surface area contributed by atoms with Crippen molar-refractivity contribution in [2.24, 2.45) is 29.1 Å². The van der Waals surface area contributed by atoms with Crippen LogP contribution in [0.1, 0.15) is 88.4 Å². The van der Waals surface area contributed by atoms with Gasteiger partial charge in [0.05, 0.1) is 38.9 Å². The maximum Gasteiger partial charge on any atom is 0.337 e. The highest BCUT2D eigenvalue weighted by molar-refractivity contribution is 5.86. The fourth-order valence-electron chi connectivity index (χ4n) is 7.78. The first-order chi connectivity index (χ1) is 17.5. The van der Waals surface area contributed by atoms with Crippen molar-refractivity contribution in [3.63, 3.8) is 0 Å². The van der Waals surface area contributed by atoms with Crippen molar-refractivity contribution in [3.8, 4) is 0 Å². The van der Waals surface area contributed by atoms with E-state index in [1.165, 1.54) is 69.8 Å². The molecule has 5 rings (SSSR count). The molecule has 0 amide bonds. The van der Waals surface area contributed by atoms with Crippen molar-refractivity contribution < 1.29 is 24.6 Å². The van der Waals surface area contributed by atoms with Crippen LogP contribution in [0, 0.1) is 29.1 Å². The summed E-state index contributed by atoms with van der Waals surface area (Å²) in [6.45, 7) is 5.74. The molecule has 0 unspecified atom stereocenters. The molecule has 0 aromatic carbocycles. The average Bonchev–Trinajstić information content (AvgIpc) is 3.15. The van der Waals surface area contributed by atoms with Crippen LogP contribution in [0.2, 0.25) is 0 Å². The van der Waals surface area contributed by atoms with E-state index in [-0.39, 0.29) is 23.2 Å². The van der Waals surface area contributed by atoms with E-state index in [0.29, 0.717) is 0 Å². The van der Waals surface area contributed by atoms with E-state index in [2.05, 4.69) is 46.1 Å². The summed E-state index contributed by atoms with van der Waals surface area (Å²) in [6, 6.07) is 3.08. The molecular weight excluding hydrogens is 464 g/mol. The third kappa shape index (κ3) is 6.82. The van der Waals surface area contributed by atoms with E-state index in [1.807, 2.05) is 5.57 Å². The third-order valence-corrected chi connectivity index (χ3v) is 9.96. The van der Waals surface area contributed by atoms with E-state index in [4.69, 9.17) is 10.2 Å². The molecule has 0 spiro atoms. The first kappa shape index (κ1) is 29.8. The van der Waals surface area contributed by atoms with Gasteiger partial charge in [-0.15, -0.1) is 0 Å². The van der Waals surface area contributed by atoms with Gasteiger partial charge in [-0.3, -0.25) is 4.98 Å². The summed E-state index contributed by atoms with van der Waals surface area (Å²) < 4.78 is 0.844. The molecule has 0 bridgehead atoms. The molecule has 1 aromatic heterocycles. The lowest BCUT2D eigenvalue weighted by molar-refractivity contribution is -0.870. The topological polar surface area (TPSA) is 90.7 Å². The number of quaternary nitrogens is 1. The Balaban J connectivity index is 0.000000197. The van der Waals surface area contributed by atoms with Crippen LogP contribution in [-0.2, 0) is 0 Å². The first-order valence-electron chi connectivity index (χ1n) is 14.4. The van der Waals surface area contributed by atoms with Gasteiger partial charge in [-0.1, -0.05) is 25.5 Å². The van der Waals surface area contributed by atoms with Crippen LogP contribution in [0.3, 0.4) is 0 Å². The number of aliphatic hydroxyl groups is 2. The number of carboxylic acid groups (broad SMARTS) is 1. The molecule has 208 valence electrons.